The van der Waals surface area contributed by atoms with Crippen molar-refractivity contribution in [2.24, 2.45) is 5.10 Å². The minimum Gasteiger partial charge on any atom is -0.481 e. The van der Waals surface area contributed by atoms with Crippen molar-refractivity contribution in [3.8, 4) is 5.75 Å². The molecule has 0 spiro atoms. The van der Waals surface area contributed by atoms with Gasteiger partial charge in [-0.2, -0.15) is 5.10 Å². The van der Waals surface area contributed by atoms with E-state index in [0.29, 0.717) is 22.2 Å². The average Bonchev–Trinajstić information content (AvgIpc) is 3.29. The number of hydrogen-bond donors (Lipinski definition) is 2. The molecule has 1 heterocycles. The number of carbonyl (C=O) groups excluding carboxylic acids is 2. The molecule has 3 rings (SSSR count). The molecule has 1 aromatic heterocycles. The summed E-state index contributed by atoms with van der Waals surface area (Å²) in [5.41, 5.74) is 5.17. The molecule has 2 N–H and O–H groups in total. The Hall–Kier alpha value is -3.58. The molecule has 2 amide bonds. The molecule has 7 nitrogen and oxygen atoms in total. The second-order valence-corrected chi connectivity index (χ2v) is 7.29. The normalized spacial score (nSPS) is 12.2. The highest BCUT2D eigenvalue weighted by Crippen LogP contribution is 2.23. The van der Waals surface area contributed by atoms with Crippen molar-refractivity contribution in [1.82, 2.24) is 5.43 Å². The number of anilines is 1. The summed E-state index contributed by atoms with van der Waals surface area (Å²) in [6.45, 7) is 5.28. The standard InChI is InChI=1S/C23H22ClN3O4/c1-14-12-18(24)9-10-20(14)31-16(3)22(28)25-19-7-4-6-17(13-19)15(2)26-27-23(29)21-8-5-11-30-21/h4-13,16H,1-3H3,(H,25,28)(H,27,29)/b26-15+/t16-/m0/s1. The number of benzene rings is 2. The van der Waals surface area contributed by atoms with Crippen molar-refractivity contribution < 1.29 is 18.7 Å². The number of amides is 2. The van der Waals surface area contributed by atoms with Crippen LogP contribution in [-0.4, -0.2) is 23.6 Å². The van der Waals surface area contributed by atoms with E-state index in [1.165, 1.54) is 6.26 Å². The maximum absolute atomic E-state index is 12.6. The molecule has 2 aromatic carbocycles. The summed E-state index contributed by atoms with van der Waals surface area (Å²) in [6, 6.07) is 15.5. The van der Waals surface area contributed by atoms with Gasteiger partial charge in [0, 0.05) is 10.7 Å². The Morgan fingerprint density at radius 1 is 1.13 bits per heavy atom. The Morgan fingerprint density at radius 3 is 2.65 bits per heavy atom. The summed E-state index contributed by atoms with van der Waals surface area (Å²) in [4.78, 5) is 24.5. The third-order valence-electron chi connectivity index (χ3n) is 4.43. The Labute approximate surface area is 185 Å². The first-order valence-electron chi connectivity index (χ1n) is 9.55. The van der Waals surface area contributed by atoms with E-state index in [2.05, 4.69) is 15.8 Å². The van der Waals surface area contributed by atoms with Gasteiger partial charge in [0.25, 0.3) is 5.91 Å². The van der Waals surface area contributed by atoms with Crippen LogP contribution in [0, 0.1) is 6.92 Å². The first-order chi connectivity index (χ1) is 14.8. The Morgan fingerprint density at radius 2 is 1.94 bits per heavy atom. The van der Waals surface area contributed by atoms with Gasteiger partial charge in [0.2, 0.25) is 0 Å². The van der Waals surface area contributed by atoms with Crippen molar-refractivity contribution in [3.05, 3.63) is 82.8 Å². The molecular formula is C23H22ClN3O4. The zero-order valence-electron chi connectivity index (χ0n) is 17.3. The van der Waals surface area contributed by atoms with Crippen LogP contribution in [0.3, 0.4) is 0 Å². The molecule has 0 aliphatic rings. The van der Waals surface area contributed by atoms with E-state index < -0.39 is 12.0 Å². The SMILES string of the molecule is C/C(=N\NC(=O)c1ccco1)c1cccc(NC(=O)[C@H](C)Oc2ccc(Cl)cc2C)c1. The molecule has 1 atom stereocenters. The molecule has 0 saturated heterocycles. The van der Waals surface area contributed by atoms with E-state index in [9.17, 15) is 9.59 Å². The zero-order chi connectivity index (χ0) is 22.4. The van der Waals surface area contributed by atoms with Crippen molar-refractivity contribution in [1.29, 1.82) is 0 Å². The van der Waals surface area contributed by atoms with Gasteiger partial charge in [0.15, 0.2) is 11.9 Å². The van der Waals surface area contributed by atoms with Gasteiger partial charge >= 0.3 is 5.91 Å². The Bertz CT molecular complexity index is 1110. The topological polar surface area (TPSA) is 92.9 Å². The van der Waals surface area contributed by atoms with E-state index >= 15 is 0 Å². The number of rotatable bonds is 7. The number of aryl methyl sites for hydroxylation is 1. The second kappa shape index (κ2) is 9.95. The monoisotopic (exact) mass is 439 g/mol. The van der Waals surface area contributed by atoms with Crippen LogP contribution in [-0.2, 0) is 4.79 Å². The van der Waals surface area contributed by atoms with Crippen LogP contribution in [0.1, 0.15) is 35.5 Å². The van der Waals surface area contributed by atoms with Gasteiger partial charge in [-0.1, -0.05) is 23.7 Å². The van der Waals surface area contributed by atoms with E-state index in [1.54, 1.807) is 62.4 Å². The summed E-state index contributed by atoms with van der Waals surface area (Å²) in [6.07, 6.45) is 0.697. The smallest absolute Gasteiger partial charge is 0.307 e. The number of furan rings is 1. The molecule has 160 valence electrons. The van der Waals surface area contributed by atoms with Crippen molar-refractivity contribution in [2.75, 3.05) is 5.32 Å². The zero-order valence-corrected chi connectivity index (χ0v) is 18.1. The van der Waals surface area contributed by atoms with Gasteiger partial charge in [-0.25, -0.2) is 5.43 Å². The molecule has 0 bridgehead atoms. The largest absolute Gasteiger partial charge is 0.481 e. The van der Waals surface area contributed by atoms with E-state index in [0.717, 1.165) is 11.1 Å². The van der Waals surface area contributed by atoms with Crippen LogP contribution in [0.25, 0.3) is 0 Å². The third-order valence-corrected chi connectivity index (χ3v) is 4.66. The molecule has 0 fully saturated rings. The minimum atomic E-state index is -0.717. The molecular weight excluding hydrogens is 418 g/mol. The first-order valence-corrected chi connectivity index (χ1v) is 9.93. The summed E-state index contributed by atoms with van der Waals surface area (Å²) < 4.78 is 10.8. The molecule has 0 aliphatic heterocycles. The third kappa shape index (κ3) is 5.96. The predicted octanol–water partition coefficient (Wildman–Crippen LogP) is 4.80. The first kappa shape index (κ1) is 22.1. The number of carbonyl (C=O) groups is 2. The lowest BCUT2D eigenvalue weighted by Crippen LogP contribution is -2.30. The molecule has 3 aromatic rings. The van der Waals surface area contributed by atoms with Crippen LogP contribution in [0.4, 0.5) is 5.69 Å². The molecule has 8 heteroatoms. The van der Waals surface area contributed by atoms with Gasteiger partial charge < -0.3 is 14.5 Å². The lowest BCUT2D eigenvalue weighted by Gasteiger charge is -2.16. The molecule has 0 unspecified atom stereocenters. The number of hydrazone groups is 1. The van der Waals surface area contributed by atoms with E-state index in [4.69, 9.17) is 20.8 Å². The predicted molar refractivity (Wildman–Crippen MR) is 120 cm³/mol. The fourth-order valence-electron chi connectivity index (χ4n) is 2.72. The van der Waals surface area contributed by atoms with Gasteiger partial charge in [-0.15, -0.1) is 0 Å². The molecule has 31 heavy (non-hydrogen) atoms. The molecule has 0 aliphatic carbocycles. The fraction of sp³-hybridized carbons (Fsp3) is 0.174. The number of halogens is 1. The fourth-order valence-corrected chi connectivity index (χ4v) is 2.94. The van der Waals surface area contributed by atoms with Gasteiger partial charge in [0.05, 0.1) is 12.0 Å². The van der Waals surface area contributed by atoms with Crippen LogP contribution < -0.4 is 15.5 Å². The van der Waals surface area contributed by atoms with Crippen LogP contribution in [0.2, 0.25) is 5.02 Å². The number of nitrogens with zero attached hydrogens (tertiary/aromatic N) is 1. The van der Waals surface area contributed by atoms with Gasteiger partial charge in [0.1, 0.15) is 5.75 Å². The van der Waals surface area contributed by atoms with Gasteiger partial charge in [-0.3, -0.25) is 9.59 Å². The lowest BCUT2D eigenvalue weighted by atomic mass is 10.1. The van der Waals surface area contributed by atoms with Crippen molar-refractivity contribution in [3.63, 3.8) is 0 Å². The van der Waals surface area contributed by atoms with E-state index in [-0.39, 0.29) is 11.7 Å². The van der Waals surface area contributed by atoms with Gasteiger partial charge in [-0.05, 0) is 74.4 Å². The quantitative estimate of drug-likeness (QED) is 0.408. The van der Waals surface area contributed by atoms with E-state index in [1.807, 2.05) is 13.0 Å². The maximum Gasteiger partial charge on any atom is 0.307 e. The molecule has 0 saturated carbocycles. The second-order valence-electron chi connectivity index (χ2n) is 6.86. The highest BCUT2D eigenvalue weighted by molar-refractivity contribution is 6.30. The summed E-state index contributed by atoms with van der Waals surface area (Å²) in [5, 5.41) is 7.52. The average molecular weight is 440 g/mol. The Kier molecular flexibility index (Phi) is 7.10. The van der Waals surface area contributed by atoms with Crippen LogP contribution in [0.15, 0.2) is 70.4 Å². The van der Waals surface area contributed by atoms with Crippen molar-refractivity contribution >= 4 is 34.8 Å². The lowest BCUT2D eigenvalue weighted by molar-refractivity contribution is -0.122. The summed E-state index contributed by atoms with van der Waals surface area (Å²) in [5.74, 6) is 0.0167. The summed E-state index contributed by atoms with van der Waals surface area (Å²) in [7, 11) is 0. The maximum atomic E-state index is 12.6. The number of ether oxygens (including phenoxy) is 1. The molecule has 0 radical (unpaired) electrons. The summed E-state index contributed by atoms with van der Waals surface area (Å²) >= 11 is 5.96. The van der Waals surface area contributed by atoms with Crippen molar-refractivity contribution in [2.45, 2.75) is 26.9 Å². The number of nitrogens with one attached hydrogen (secondary N) is 2. The minimum absolute atomic E-state index is 0.169. The number of hydrogen-bond acceptors (Lipinski definition) is 5. The highest BCUT2D eigenvalue weighted by Gasteiger charge is 2.16. The Balaban J connectivity index is 1.63. The van der Waals surface area contributed by atoms with Crippen LogP contribution >= 0.6 is 11.6 Å². The van der Waals surface area contributed by atoms with Crippen LogP contribution in [0.5, 0.6) is 5.75 Å². The highest BCUT2D eigenvalue weighted by atomic mass is 35.5.